The minimum Gasteiger partial charge on any atom is -0.507 e. The zero-order chi connectivity index (χ0) is 24.9. The molecule has 1 unspecified atom stereocenters. The molecule has 1 aromatic carbocycles. The van der Waals surface area contributed by atoms with Crippen LogP contribution in [0, 0.1) is 5.92 Å². The van der Waals surface area contributed by atoms with Crippen molar-refractivity contribution in [2.45, 2.75) is 57.5 Å². The summed E-state index contributed by atoms with van der Waals surface area (Å²) in [6, 6.07) is 1.51. The molecule has 35 heavy (non-hydrogen) atoms. The Balaban J connectivity index is 1.50. The van der Waals surface area contributed by atoms with E-state index in [9.17, 15) is 14.7 Å². The Bertz CT molecular complexity index is 1220. The summed E-state index contributed by atoms with van der Waals surface area (Å²) in [5.41, 5.74) is -1.39. The first-order valence-corrected chi connectivity index (χ1v) is 11.8. The SMILES string of the molecule is COc1cc(-c2nnc([C@H](C)OC3CCCCO3)o2)c(Cl)c2c1C(=O)[C@@]1(O2)C(O)=CC(=O)C[C@H]1C. The Morgan fingerprint density at radius 1 is 1.29 bits per heavy atom. The van der Waals surface area contributed by atoms with E-state index in [1.165, 1.54) is 13.2 Å². The fraction of sp³-hybridized carbons (Fsp3) is 0.500. The molecule has 1 aliphatic carbocycles. The average Bonchev–Trinajstić information content (AvgIpc) is 3.44. The molecule has 10 nitrogen and oxygen atoms in total. The minimum atomic E-state index is -1.76. The van der Waals surface area contributed by atoms with Crippen LogP contribution >= 0.6 is 11.6 Å². The second-order valence-corrected chi connectivity index (χ2v) is 9.31. The van der Waals surface area contributed by atoms with Crippen LogP contribution in [0.3, 0.4) is 0 Å². The van der Waals surface area contributed by atoms with Crippen molar-refractivity contribution in [1.82, 2.24) is 10.2 Å². The van der Waals surface area contributed by atoms with E-state index in [-0.39, 0.29) is 57.9 Å². The molecule has 4 atom stereocenters. The lowest BCUT2D eigenvalue weighted by Gasteiger charge is -2.34. The second-order valence-electron chi connectivity index (χ2n) is 8.93. The van der Waals surface area contributed by atoms with Gasteiger partial charge in [-0.15, -0.1) is 10.2 Å². The van der Waals surface area contributed by atoms with Gasteiger partial charge >= 0.3 is 0 Å². The summed E-state index contributed by atoms with van der Waals surface area (Å²) in [7, 11) is 1.40. The molecule has 0 amide bonds. The van der Waals surface area contributed by atoms with Gasteiger partial charge < -0.3 is 28.5 Å². The molecule has 5 rings (SSSR count). The first-order valence-electron chi connectivity index (χ1n) is 11.4. The standard InChI is InChI=1S/C24H25ClN2O8/c1-11-8-13(28)9-16(29)24(11)21(30)18-15(31-3)10-14(19(25)20(18)35-24)23-27-26-22(34-23)12(2)33-17-6-4-5-7-32-17/h9-12,17,29H,4-8H2,1-3H3/t11-,12+,17?,24+/m1/s1. The molecule has 0 saturated carbocycles. The predicted octanol–water partition coefficient (Wildman–Crippen LogP) is 4.37. The van der Waals surface area contributed by atoms with Gasteiger partial charge in [-0.2, -0.15) is 0 Å². The Morgan fingerprint density at radius 3 is 2.77 bits per heavy atom. The van der Waals surface area contributed by atoms with Crippen molar-refractivity contribution >= 4 is 23.2 Å². The Hall–Kier alpha value is -2.95. The van der Waals surface area contributed by atoms with Crippen LogP contribution in [-0.4, -0.2) is 52.5 Å². The van der Waals surface area contributed by atoms with Gasteiger partial charge in [-0.3, -0.25) is 9.59 Å². The van der Waals surface area contributed by atoms with E-state index in [1.54, 1.807) is 13.8 Å². The van der Waals surface area contributed by atoms with Crippen molar-refractivity contribution in [1.29, 1.82) is 0 Å². The van der Waals surface area contributed by atoms with Crippen LogP contribution < -0.4 is 9.47 Å². The fourth-order valence-electron chi connectivity index (χ4n) is 4.75. The summed E-state index contributed by atoms with van der Waals surface area (Å²) < 4.78 is 28.9. The Kier molecular flexibility index (Phi) is 6.06. The van der Waals surface area contributed by atoms with Crippen LogP contribution in [0.1, 0.15) is 61.9 Å². The van der Waals surface area contributed by atoms with Crippen molar-refractivity contribution in [2.75, 3.05) is 13.7 Å². The topological polar surface area (TPSA) is 130 Å². The summed E-state index contributed by atoms with van der Waals surface area (Å²) in [4.78, 5) is 25.4. The third kappa shape index (κ3) is 3.80. The number of methoxy groups -OCH3 is 1. The van der Waals surface area contributed by atoms with E-state index in [1.807, 2.05) is 0 Å². The van der Waals surface area contributed by atoms with Gasteiger partial charge in [0, 0.05) is 25.0 Å². The van der Waals surface area contributed by atoms with Crippen molar-refractivity contribution in [3.63, 3.8) is 0 Å². The van der Waals surface area contributed by atoms with Gasteiger partial charge in [0.15, 0.2) is 17.8 Å². The summed E-state index contributed by atoms with van der Waals surface area (Å²) in [5.74, 6) is -1.41. The largest absolute Gasteiger partial charge is 0.507 e. The molecule has 1 spiro atoms. The average molecular weight is 505 g/mol. The maximum absolute atomic E-state index is 13.5. The number of hydrogen-bond donors (Lipinski definition) is 1. The van der Waals surface area contributed by atoms with E-state index in [0.717, 1.165) is 25.3 Å². The highest BCUT2D eigenvalue weighted by Crippen LogP contribution is 2.53. The number of hydrogen-bond acceptors (Lipinski definition) is 10. The first-order chi connectivity index (χ1) is 16.8. The number of aliphatic hydroxyl groups is 1. The van der Waals surface area contributed by atoms with E-state index < -0.39 is 29.2 Å². The lowest BCUT2D eigenvalue weighted by molar-refractivity contribution is -0.190. The van der Waals surface area contributed by atoms with Gasteiger partial charge in [0.2, 0.25) is 23.2 Å². The number of aromatic nitrogens is 2. The Labute approximate surface area is 206 Å². The number of aliphatic hydroxyl groups excluding tert-OH is 1. The summed E-state index contributed by atoms with van der Waals surface area (Å²) >= 11 is 6.67. The van der Waals surface area contributed by atoms with Crippen LogP contribution in [0.25, 0.3) is 11.5 Å². The van der Waals surface area contributed by atoms with Crippen molar-refractivity contribution < 1.29 is 38.1 Å². The number of allylic oxidation sites excluding steroid dienone is 1. The fourth-order valence-corrected chi connectivity index (χ4v) is 5.02. The molecule has 0 radical (unpaired) electrons. The molecule has 186 valence electrons. The number of halogens is 1. The quantitative estimate of drug-likeness (QED) is 0.626. The second kappa shape index (κ2) is 8.92. The van der Waals surface area contributed by atoms with Crippen molar-refractivity contribution in [3.05, 3.63) is 34.4 Å². The number of nitrogens with zero attached hydrogens (tertiary/aromatic N) is 2. The molecular formula is C24H25ClN2O8. The summed E-state index contributed by atoms with van der Waals surface area (Å²) in [5, 5.41) is 18.9. The molecule has 1 fully saturated rings. The number of benzene rings is 1. The van der Waals surface area contributed by atoms with Crippen LogP contribution in [-0.2, 0) is 14.3 Å². The van der Waals surface area contributed by atoms with Crippen molar-refractivity contribution in [3.8, 4) is 23.0 Å². The molecule has 11 heteroatoms. The monoisotopic (exact) mass is 504 g/mol. The molecule has 2 aliphatic heterocycles. The Morgan fingerprint density at radius 2 is 2.09 bits per heavy atom. The maximum Gasteiger partial charge on any atom is 0.249 e. The number of Topliss-reactive ketones (excluding diaryl/α,β-unsaturated/α-hetero) is 1. The van der Waals surface area contributed by atoms with Crippen LogP contribution in [0.4, 0.5) is 0 Å². The van der Waals surface area contributed by atoms with Gasteiger partial charge in [-0.25, -0.2) is 0 Å². The molecule has 0 bridgehead atoms. The number of ether oxygens (including phenoxy) is 4. The maximum atomic E-state index is 13.5. The third-order valence-electron chi connectivity index (χ3n) is 6.62. The van der Waals surface area contributed by atoms with Gasteiger partial charge in [0.25, 0.3) is 0 Å². The lowest BCUT2D eigenvalue weighted by Crippen LogP contribution is -2.51. The van der Waals surface area contributed by atoms with Gasteiger partial charge in [-0.05, 0) is 32.3 Å². The number of carbonyl (C=O) groups excluding carboxylic acids is 2. The van der Waals surface area contributed by atoms with E-state index in [0.29, 0.717) is 6.61 Å². The molecular weight excluding hydrogens is 480 g/mol. The van der Waals surface area contributed by atoms with Crippen LogP contribution in [0.5, 0.6) is 11.5 Å². The highest BCUT2D eigenvalue weighted by Gasteiger charge is 2.59. The first kappa shape index (κ1) is 23.8. The molecule has 1 aromatic heterocycles. The summed E-state index contributed by atoms with van der Waals surface area (Å²) in [6.45, 7) is 4.09. The molecule has 3 heterocycles. The van der Waals surface area contributed by atoms with Crippen LogP contribution in [0.2, 0.25) is 5.02 Å². The van der Waals surface area contributed by atoms with Gasteiger partial charge in [0.05, 0.1) is 17.7 Å². The zero-order valence-electron chi connectivity index (χ0n) is 19.5. The lowest BCUT2D eigenvalue weighted by atomic mass is 9.75. The smallest absolute Gasteiger partial charge is 0.249 e. The number of carbonyl (C=O) groups is 2. The number of ketones is 2. The number of fused-ring (bicyclic) bond motifs is 1. The third-order valence-corrected chi connectivity index (χ3v) is 7.00. The highest BCUT2D eigenvalue weighted by atomic mass is 35.5. The highest BCUT2D eigenvalue weighted by molar-refractivity contribution is 6.36. The zero-order valence-corrected chi connectivity index (χ0v) is 20.3. The van der Waals surface area contributed by atoms with Crippen LogP contribution in [0.15, 0.2) is 22.3 Å². The van der Waals surface area contributed by atoms with Gasteiger partial charge in [-0.1, -0.05) is 18.5 Å². The normalized spacial score (nSPS) is 26.9. The van der Waals surface area contributed by atoms with E-state index in [2.05, 4.69) is 10.2 Å². The molecule has 3 aliphatic rings. The van der Waals surface area contributed by atoms with E-state index in [4.69, 9.17) is 35.0 Å². The number of rotatable bonds is 5. The minimum absolute atomic E-state index is 0.0202. The van der Waals surface area contributed by atoms with Gasteiger partial charge in [0.1, 0.15) is 23.2 Å². The molecule has 1 N–H and O–H groups in total. The molecule has 1 saturated heterocycles. The summed E-state index contributed by atoms with van der Waals surface area (Å²) in [6.07, 6.45) is 3.02. The predicted molar refractivity (Wildman–Crippen MR) is 122 cm³/mol. The van der Waals surface area contributed by atoms with E-state index >= 15 is 0 Å². The van der Waals surface area contributed by atoms with Crippen molar-refractivity contribution in [2.24, 2.45) is 5.92 Å². The molecule has 2 aromatic rings.